The van der Waals surface area contributed by atoms with Crippen molar-refractivity contribution < 1.29 is 11.2 Å². The van der Waals surface area contributed by atoms with E-state index in [0.717, 1.165) is 0 Å². The van der Waals surface area contributed by atoms with Crippen molar-refractivity contribution in [3.63, 3.8) is 0 Å². The lowest BCUT2D eigenvalue weighted by atomic mass is 10.2. The average molecular weight is 147 g/mol. The SMILES string of the molecule is CC(C)(C)OOC(C)(C)C.[H+]. The normalized spacial score (nSPS) is 13.8. The van der Waals surface area contributed by atoms with Gasteiger partial charge >= 0.3 is 1.43 Å². The van der Waals surface area contributed by atoms with E-state index in [2.05, 4.69) is 0 Å². The van der Waals surface area contributed by atoms with Crippen molar-refractivity contribution >= 4 is 0 Å². The van der Waals surface area contributed by atoms with Crippen LogP contribution >= 0.6 is 0 Å². The summed E-state index contributed by atoms with van der Waals surface area (Å²) in [6.45, 7) is 11.7. The topological polar surface area (TPSA) is 18.5 Å². The molecule has 0 aromatic heterocycles. The van der Waals surface area contributed by atoms with Crippen molar-refractivity contribution in [1.82, 2.24) is 0 Å². The predicted octanol–water partition coefficient (Wildman–Crippen LogP) is 2.64. The second-order valence-corrected chi connectivity index (χ2v) is 4.39. The van der Waals surface area contributed by atoms with E-state index in [1.165, 1.54) is 0 Å². The summed E-state index contributed by atoms with van der Waals surface area (Å²) in [7, 11) is 0. The van der Waals surface area contributed by atoms with Gasteiger partial charge in [-0.25, -0.2) is 9.78 Å². The summed E-state index contributed by atoms with van der Waals surface area (Å²) >= 11 is 0. The minimum Gasteiger partial charge on any atom is -0.230 e. The molecule has 62 valence electrons. The Kier molecular flexibility index (Phi) is 2.86. The lowest BCUT2D eigenvalue weighted by Crippen LogP contribution is -2.27. The zero-order valence-electron chi connectivity index (χ0n) is 8.82. The summed E-state index contributed by atoms with van der Waals surface area (Å²) in [6, 6.07) is 0. The van der Waals surface area contributed by atoms with Crippen molar-refractivity contribution in [3.8, 4) is 0 Å². The summed E-state index contributed by atoms with van der Waals surface area (Å²) in [5.74, 6) is 0. The molecule has 0 aliphatic rings. The zero-order chi connectivity index (χ0) is 8.41. The molecule has 0 radical (unpaired) electrons. The van der Waals surface area contributed by atoms with Crippen LogP contribution in [-0.2, 0) is 9.78 Å². The van der Waals surface area contributed by atoms with E-state index in [1.54, 1.807) is 0 Å². The zero-order valence-corrected chi connectivity index (χ0v) is 7.82. The van der Waals surface area contributed by atoms with Crippen molar-refractivity contribution in [2.75, 3.05) is 0 Å². The summed E-state index contributed by atoms with van der Waals surface area (Å²) in [4.78, 5) is 10.2. The highest BCUT2D eigenvalue weighted by Gasteiger charge is 2.18. The van der Waals surface area contributed by atoms with Crippen molar-refractivity contribution in [3.05, 3.63) is 0 Å². The first-order valence-electron chi connectivity index (χ1n) is 3.57. The molecule has 0 bridgehead atoms. The molecule has 0 spiro atoms. The van der Waals surface area contributed by atoms with Gasteiger partial charge in [-0.3, -0.25) is 0 Å². The molecular formula is C8H19O2+. The first kappa shape index (κ1) is 9.92. The van der Waals surface area contributed by atoms with Gasteiger partial charge in [-0.2, -0.15) is 0 Å². The molecule has 0 aliphatic carbocycles. The predicted molar refractivity (Wildman–Crippen MR) is 42.8 cm³/mol. The van der Waals surface area contributed by atoms with Crippen LogP contribution in [0.15, 0.2) is 0 Å². The van der Waals surface area contributed by atoms with Gasteiger partial charge < -0.3 is 0 Å². The molecule has 2 nitrogen and oxygen atoms in total. The van der Waals surface area contributed by atoms with Gasteiger partial charge in [0, 0.05) is 0 Å². The van der Waals surface area contributed by atoms with Crippen molar-refractivity contribution in [1.29, 1.82) is 0 Å². The molecular weight excluding hydrogens is 128 g/mol. The number of rotatable bonds is 1. The van der Waals surface area contributed by atoms with Gasteiger partial charge in [0.05, 0.1) is 11.2 Å². The number of hydrogen-bond acceptors (Lipinski definition) is 2. The minimum absolute atomic E-state index is 0. The Bertz CT molecular complexity index is 85.6. The molecule has 0 aliphatic heterocycles. The summed E-state index contributed by atoms with van der Waals surface area (Å²) < 4.78 is 0. The van der Waals surface area contributed by atoms with Gasteiger partial charge in [-0.15, -0.1) is 0 Å². The van der Waals surface area contributed by atoms with Gasteiger partial charge in [0.15, 0.2) is 0 Å². The van der Waals surface area contributed by atoms with Crippen LogP contribution in [0.4, 0.5) is 0 Å². The van der Waals surface area contributed by atoms with E-state index >= 15 is 0 Å². The molecule has 10 heavy (non-hydrogen) atoms. The minimum atomic E-state index is -0.215. The lowest BCUT2D eigenvalue weighted by Gasteiger charge is -2.24. The van der Waals surface area contributed by atoms with Gasteiger partial charge in [0.1, 0.15) is 0 Å². The van der Waals surface area contributed by atoms with E-state index in [1.807, 2.05) is 41.5 Å². The Morgan fingerprint density at radius 2 is 0.900 bits per heavy atom. The summed E-state index contributed by atoms with van der Waals surface area (Å²) in [5.41, 5.74) is -0.430. The molecule has 0 N–H and O–H groups in total. The molecule has 0 amide bonds. The van der Waals surface area contributed by atoms with E-state index in [0.29, 0.717) is 0 Å². The molecule has 0 atom stereocenters. The smallest absolute Gasteiger partial charge is 0.230 e. The quantitative estimate of drug-likeness (QED) is 0.419. The summed E-state index contributed by atoms with van der Waals surface area (Å²) in [6.07, 6.45) is 0. The highest BCUT2D eigenvalue weighted by Crippen LogP contribution is 2.14. The van der Waals surface area contributed by atoms with E-state index in [4.69, 9.17) is 9.78 Å². The Morgan fingerprint density at radius 3 is 1.00 bits per heavy atom. The monoisotopic (exact) mass is 147 g/mol. The van der Waals surface area contributed by atoms with Gasteiger partial charge in [0.2, 0.25) is 0 Å². The molecule has 0 aromatic carbocycles. The van der Waals surface area contributed by atoms with Crippen LogP contribution in [-0.4, -0.2) is 11.2 Å². The first-order chi connectivity index (χ1) is 4.21. The van der Waals surface area contributed by atoms with Crippen molar-refractivity contribution in [2.24, 2.45) is 0 Å². The third-order valence-electron chi connectivity index (χ3n) is 0.542. The molecule has 0 saturated carbocycles. The molecule has 0 fully saturated rings. The third-order valence-corrected chi connectivity index (χ3v) is 0.542. The fraction of sp³-hybridized carbons (Fsp3) is 1.00. The molecule has 0 unspecified atom stereocenters. The van der Waals surface area contributed by atoms with Crippen LogP contribution in [0, 0.1) is 0 Å². The van der Waals surface area contributed by atoms with Crippen LogP contribution < -0.4 is 0 Å². The molecule has 0 aromatic rings. The van der Waals surface area contributed by atoms with Crippen LogP contribution in [0.2, 0.25) is 0 Å². The maximum absolute atomic E-state index is 5.09. The van der Waals surface area contributed by atoms with Crippen LogP contribution in [0.5, 0.6) is 0 Å². The Labute approximate surface area is 64.9 Å². The molecule has 0 saturated heterocycles. The fourth-order valence-corrected chi connectivity index (χ4v) is 0.250. The Balaban J connectivity index is 0. The maximum atomic E-state index is 5.09. The first-order valence-corrected chi connectivity index (χ1v) is 3.57. The van der Waals surface area contributed by atoms with Gasteiger partial charge in [0.25, 0.3) is 0 Å². The second-order valence-electron chi connectivity index (χ2n) is 4.39. The molecule has 2 heteroatoms. The number of hydrogen-bond donors (Lipinski definition) is 0. The average Bonchev–Trinajstić information content (AvgIpc) is 1.57. The maximum Gasteiger partial charge on any atom is 1.00 e. The van der Waals surface area contributed by atoms with Crippen LogP contribution in [0.1, 0.15) is 43.0 Å². The Morgan fingerprint density at radius 1 is 0.700 bits per heavy atom. The second kappa shape index (κ2) is 2.89. The van der Waals surface area contributed by atoms with Crippen molar-refractivity contribution in [2.45, 2.75) is 52.7 Å². The van der Waals surface area contributed by atoms with Crippen LogP contribution in [0.3, 0.4) is 0 Å². The highest BCUT2D eigenvalue weighted by atomic mass is 17.2. The standard InChI is InChI=1S/C8H18O2/c1-7(2,3)9-10-8(4,5)6/h1-6H3/p+1. The van der Waals surface area contributed by atoms with E-state index in [9.17, 15) is 0 Å². The third kappa shape index (κ3) is 7.92. The summed E-state index contributed by atoms with van der Waals surface area (Å²) in [5, 5.41) is 0. The largest absolute Gasteiger partial charge is 1.00 e. The van der Waals surface area contributed by atoms with Gasteiger partial charge in [-0.1, -0.05) is 0 Å². The van der Waals surface area contributed by atoms with E-state index < -0.39 is 0 Å². The van der Waals surface area contributed by atoms with Gasteiger partial charge in [-0.05, 0) is 41.5 Å². The Hall–Kier alpha value is -0.0800. The lowest BCUT2D eigenvalue weighted by molar-refractivity contribution is -0.393. The fourth-order valence-electron chi connectivity index (χ4n) is 0.250. The van der Waals surface area contributed by atoms with Crippen LogP contribution in [0.25, 0.3) is 0 Å². The van der Waals surface area contributed by atoms with E-state index in [-0.39, 0.29) is 12.6 Å². The highest BCUT2D eigenvalue weighted by molar-refractivity contribution is 4.58. The molecule has 0 rings (SSSR count). The molecule has 0 heterocycles.